The molecule has 0 aromatic rings. The lowest BCUT2D eigenvalue weighted by Gasteiger charge is -2.37. The smallest absolute Gasteiger partial charge is 0.0810 e. The summed E-state index contributed by atoms with van der Waals surface area (Å²) in [4.78, 5) is 0. The second-order valence-electron chi connectivity index (χ2n) is 4.42. The molecule has 0 aromatic carbocycles. The van der Waals surface area contributed by atoms with Crippen LogP contribution in [0, 0.1) is 5.92 Å². The molecule has 1 rings (SSSR count). The van der Waals surface area contributed by atoms with Crippen LogP contribution in [0.2, 0.25) is 0 Å². The van der Waals surface area contributed by atoms with Gasteiger partial charge in [-0.25, -0.2) is 0 Å². The monoisotopic (exact) mass is 185 g/mol. The van der Waals surface area contributed by atoms with E-state index in [0.717, 1.165) is 6.61 Å². The van der Waals surface area contributed by atoms with Gasteiger partial charge in [-0.2, -0.15) is 0 Å². The highest BCUT2D eigenvalue weighted by Crippen LogP contribution is 2.32. The highest BCUT2D eigenvalue weighted by molar-refractivity contribution is 4.94. The van der Waals surface area contributed by atoms with E-state index in [9.17, 15) is 0 Å². The third-order valence-electron chi connectivity index (χ3n) is 3.43. The van der Waals surface area contributed by atoms with Crippen molar-refractivity contribution >= 4 is 0 Å². The quantitative estimate of drug-likeness (QED) is 0.725. The first-order valence-electron chi connectivity index (χ1n) is 5.45. The zero-order chi connectivity index (χ0) is 9.90. The minimum Gasteiger partial charge on any atom is -0.374 e. The minimum absolute atomic E-state index is 0.0736. The predicted octanol–water partition coefficient (Wildman–Crippen LogP) is 2.19. The molecule has 1 heterocycles. The molecule has 1 N–H and O–H groups in total. The number of hydrogen-bond donors (Lipinski definition) is 1. The highest BCUT2D eigenvalue weighted by Gasteiger charge is 2.39. The first-order chi connectivity index (χ1) is 6.14. The lowest BCUT2D eigenvalue weighted by molar-refractivity contribution is -0.0248. The van der Waals surface area contributed by atoms with Gasteiger partial charge < -0.3 is 10.1 Å². The van der Waals surface area contributed by atoms with E-state index in [0.29, 0.717) is 12.0 Å². The molecule has 1 fully saturated rings. The van der Waals surface area contributed by atoms with Gasteiger partial charge in [0, 0.05) is 12.6 Å². The van der Waals surface area contributed by atoms with E-state index in [1.807, 2.05) is 7.05 Å². The number of hydrogen-bond acceptors (Lipinski definition) is 2. The van der Waals surface area contributed by atoms with Crippen molar-refractivity contribution < 1.29 is 4.74 Å². The van der Waals surface area contributed by atoms with Gasteiger partial charge in [0.05, 0.1) is 5.60 Å². The van der Waals surface area contributed by atoms with Crippen LogP contribution in [-0.4, -0.2) is 25.3 Å². The van der Waals surface area contributed by atoms with Crippen LogP contribution < -0.4 is 5.32 Å². The Morgan fingerprint density at radius 2 is 2.23 bits per heavy atom. The molecule has 1 saturated heterocycles. The van der Waals surface area contributed by atoms with Crippen LogP contribution in [0.25, 0.3) is 0 Å². The Hall–Kier alpha value is -0.0800. The fourth-order valence-electron chi connectivity index (χ4n) is 2.47. The molecule has 0 aliphatic carbocycles. The zero-order valence-corrected chi connectivity index (χ0v) is 9.39. The van der Waals surface area contributed by atoms with Crippen LogP contribution in [0.3, 0.4) is 0 Å². The van der Waals surface area contributed by atoms with Crippen molar-refractivity contribution in [2.24, 2.45) is 5.92 Å². The van der Waals surface area contributed by atoms with Crippen LogP contribution in [-0.2, 0) is 4.74 Å². The fraction of sp³-hybridized carbons (Fsp3) is 1.00. The van der Waals surface area contributed by atoms with Gasteiger partial charge in [-0.15, -0.1) is 0 Å². The van der Waals surface area contributed by atoms with Gasteiger partial charge in [-0.1, -0.05) is 20.3 Å². The average Bonchev–Trinajstić information content (AvgIpc) is 2.53. The van der Waals surface area contributed by atoms with Gasteiger partial charge in [-0.3, -0.25) is 0 Å². The number of nitrogens with one attached hydrogen (secondary N) is 1. The van der Waals surface area contributed by atoms with E-state index in [1.165, 1.54) is 19.3 Å². The second-order valence-corrected chi connectivity index (χ2v) is 4.42. The molecule has 0 saturated carbocycles. The Morgan fingerprint density at radius 1 is 1.54 bits per heavy atom. The normalized spacial score (nSPS) is 33.2. The summed E-state index contributed by atoms with van der Waals surface area (Å²) in [6.45, 7) is 7.72. The molecular weight excluding hydrogens is 162 g/mol. The van der Waals surface area contributed by atoms with E-state index < -0.39 is 0 Å². The third kappa shape index (κ3) is 2.23. The van der Waals surface area contributed by atoms with Gasteiger partial charge in [0.1, 0.15) is 0 Å². The molecular formula is C11H23NO. The summed E-state index contributed by atoms with van der Waals surface area (Å²) < 4.78 is 5.85. The SMILES string of the molecule is CCC(C)C(NC)C1(C)CCCO1. The molecule has 0 aromatic heterocycles. The van der Waals surface area contributed by atoms with E-state index in [4.69, 9.17) is 4.74 Å². The van der Waals surface area contributed by atoms with Crippen molar-refractivity contribution in [3.8, 4) is 0 Å². The van der Waals surface area contributed by atoms with Crippen molar-refractivity contribution in [1.29, 1.82) is 0 Å². The van der Waals surface area contributed by atoms with Gasteiger partial charge in [0.2, 0.25) is 0 Å². The molecule has 2 heteroatoms. The maximum atomic E-state index is 5.85. The largest absolute Gasteiger partial charge is 0.374 e. The summed E-state index contributed by atoms with van der Waals surface area (Å²) >= 11 is 0. The lowest BCUT2D eigenvalue weighted by Crippen LogP contribution is -2.50. The number of rotatable bonds is 4. The van der Waals surface area contributed by atoms with Gasteiger partial charge >= 0.3 is 0 Å². The fourth-order valence-corrected chi connectivity index (χ4v) is 2.47. The van der Waals surface area contributed by atoms with Crippen molar-refractivity contribution in [3.63, 3.8) is 0 Å². The Kier molecular flexibility index (Phi) is 3.74. The highest BCUT2D eigenvalue weighted by atomic mass is 16.5. The Labute approximate surface area is 82.0 Å². The third-order valence-corrected chi connectivity index (χ3v) is 3.43. The Balaban J connectivity index is 2.63. The first kappa shape index (κ1) is 11.0. The molecule has 0 spiro atoms. The molecule has 78 valence electrons. The summed E-state index contributed by atoms with van der Waals surface area (Å²) in [7, 11) is 2.05. The van der Waals surface area contributed by atoms with Crippen LogP contribution in [0.4, 0.5) is 0 Å². The summed E-state index contributed by atoms with van der Waals surface area (Å²) in [6, 6.07) is 0.500. The lowest BCUT2D eigenvalue weighted by atomic mass is 9.83. The number of ether oxygens (including phenoxy) is 1. The van der Waals surface area contributed by atoms with Crippen molar-refractivity contribution in [2.45, 2.75) is 51.7 Å². The Bertz CT molecular complexity index is 152. The van der Waals surface area contributed by atoms with Crippen molar-refractivity contribution in [2.75, 3.05) is 13.7 Å². The number of likely N-dealkylation sites (N-methyl/N-ethyl adjacent to an activating group) is 1. The molecule has 0 bridgehead atoms. The van der Waals surface area contributed by atoms with Crippen LogP contribution in [0.1, 0.15) is 40.0 Å². The molecule has 3 atom stereocenters. The minimum atomic E-state index is 0.0736. The second kappa shape index (κ2) is 4.43. The molecule has 0 radical (unpaired) electrons. The van der Waals surface area contributed by atoms with E-state index >= 15 is 0 Å². The van der Waals surface area contributed by atoms with Crippen molar-refractivity contribution in [3.05, 3.63) is 0 Å². The van der Waals surface area contributed by atoms with Crippen LogP contribution in [0.15, 0.2) is 0 Å². The van der Waals surface area contributed by atoms with E-state index in [1.54, 1.807) is 0 Å². The summed E-state index contributed by atoms with van der Waals surface area (Å²) in [5.74, 6) is 0.688. The summed E-state index contributed by atoms with van der Waals surface area (Å²) in [6.07, 6.45) is 3.62. The molecule has 2 nitrogen and oxygen atoms in total. The Morgan fingerprint density at radius 3 is 2.62 bits per heavy atom. The molecule has 0 amide bonds. The summed E-state index contributed by atoms with van der Waals surface area (Å²) in [5, 5.41) is 3.41. The van der Waals surface area contributed by atoms with Crippen molar-refractivity contribution in [1.82, 2.24) is 5.32 Å². The molecule has 13 heavy (non-hydrogen) atoms. The predicted molar refractivity (Wildman–Crippen MR) is 55.9 cm³/mol. The zero-order valence-electron chi connectivity index (χ0n) is 9.39. The van der Waals surface area contributed by atoms with Gasteiger partial charge in [0.15, 0.2) is 0 Å². The maximum absolute atomic E-state index is 5.85. The molecule has 3 unspecified atom stereocenters. The maximum Gasteiger partial charge on any atom is 0.0810 e. The van der Waals surface area contributed by atoms with Crippen LogP contribution in [0.5, 0.6) is 0 Å². The van der Waals surface area contributed by atoms with Crippen LogP contribution >= 0.6 is 0 Å². The van der Waals surface area contributed by atoms with Gasteiger partial charge in [0.25, 0.3) is 0 Å². The molecule has 1 aliphatic rings. The standard InChI is InChI=1S/C11H23NO/c1-5-9(2)10(12-4)11(3)7-6-8-13-11/h9-10,12H,5-8H2,1-4H3. The topological polar surface area (TPSA) is 21.3 Å². The molecule has 1 aliphatic heterocycles. The first-order valence-corrected chi connectivity index (χ1v) is 5.45. The average molecular weight is 185 g/mol. The van der Waals surface area contributed by atoms with E-state index in [2.05, 4.69) is 26.1 Å². The van der Waals surface area contributed by atoms with Gasteiger partial charge in [-0.05, 0) is 32.7 Å². The van der Waals surface area contributed by atoms with E-state index in [-0.39, 0.29) is 5.60 Å². The summed E-state index contributed by atoms with van der Waals surface area (Å²) in [5.41, 5.74) is 0.0736.